The van der Waals surface area contributed by atoms with Crippen LogP contribution in [0.15, 0.2) is 4.52 Å². The standard InChI is InChI=1S/C5H5Cl3N2O3S/c1-14(11,12)2-3-9-4(13-10-3)5(6,7)8/h2H2,1H3. The minimum atomic E-state index is -3.22. The number of rotatable bonds is 2. The van der Waals surface area contributed by atoms with E-state index < -0.39 is 13.6 Å². The summed E-state index contributed by atoms with van der Waals surface area (Å²) < 4.78 is 24.4. The first-order valence-electron chi connectivity index (χ1n) is 3.26. The summed E-state index contributed by atoms with van der Waals surface area (Å²) in [6.07, 6.45) is 1.04. The largest absolute Gasteiger partial charge is 0.335 e. The predicted molar refractivity (Wildman–Crippen MR) is 52.1 cm³/mol. The van der Waals surface area contributed by atoms with Crippen LogP contribution in [0.5, 0.6) is 0 Å². The molecule has 1 aromatic rings. The maximum absolute atomic E-state index is 10.8. The molecule has 0 radical (unpaired) electrons. The van der Waals surface area contributed by atoms with Crippen molar-refractivity contribution in [3.8, 4) is 0 Å². The molecule has 0 amide bonds. The number of alkyl halides is 3. The Morgan fingerprint density at radius 1 is 1.43 bits per heavy atom. The molecule has 0 unspecified atom stereocenters. The van der Waals surface area contributed by atoms with Crippen LogP contribution in [0.25, 0.3) is 0 Å². The second-order valence-electron chi connectivity index (χ2n) is 2.58. The molecule has 0 spiro atoms. The van der Waals surface area contributed by atoms with Crippen molar-refractivity contribution in [1.82, 2.24) is 10.1 Å². The average Bonchev–Trinajstić information content (AvgIpc) is 2.29. The third kappa shape index (κ3) is 3.61. The van der Waals surface area contributed by atoms with Crippen molar-refractivity contribution in [2.45, 2.75) is 9.55 Å². The zero-order valence-electron chi connectivity index (χ0n) is 6.87. The molecule has 9 heteroatoms. The molecule has 0 bridgehead atoms. The first-order chi connectivity index (χ1) is 6.18. The van der Waals surface area contributed by atoms with Gasteiger partial charge in [-0.05, 0) is 0 Å². The van der Waals surface area contributed by atoms with Crippen LogP contribution in [0.2, 0.25) is 0 Å². The van der Waals surface area contributed by atoms with E-state index in [1.807, 2.05) is 0 Å². The number of hydrogen-bond donors (Lipinski definition) is 0. The van der Waals surface area contributed by atoms with Crippen molar-refractivity contribution in [3.63, 3.8) is 0 Å². The molecular weight excluding hydrogens is 274 g/mol. The lowest BCUT2D eigenvalue weighted by atomic mass is 10.7. The molecule has 80 valence electrons. The van der Waals surface area contributed by atoms with Crippen molar-refractivity contribution in [2.24, 2.45) is 0 Å². The topological polar surface area (TPSA) is 73.1 Å². The lowest BCUT2D eigenvalue weighted by Gasteiger charge is -2.01. The van der Waals surface area contributed by atoms with Crippen LogP contribution in [0.4, 0.5) is 0 Å². The number of aromatic nitrogens is 2. The van der Waals surface area contributed by atoms with E-state index in [0.717, 1.165) is 6.26 Å². The number of halogens is 3. The van der Waals surface area contributed by atoms with Gasteiger partial charge in [-0.25, -0.2) is 8.42 Å². The Labute approximate surface area is 95.2 Å². The van der Waals surface area contributed by atoms with E-state index >= 15 is 0 Å². The Balaban J connectivity index is 2.90. The van der Waals surface area contributed by atoms with Crippen LogP contribution in [-0.2, 0) is 19.4 Å². The second-order valence-corrected chi connectivity index (χ2v) is 7.01. The molecule has 0 saturated heterocycles. The predicted octanol–water partition coefficient (Wildman–Crippen LogP) is 1.44. The van der Waals surface area contributed by atoms with Crippen LogP contribution in [0.3, 0.4) is 0 Å². The van der Waals surface area contributed by atoms with Gasteiger partial charge in [0.05, 0.1) is 0 Å². The molecule has 0 atom stereocenters. The van der Waals surface area contributed by atoms with Gasteiger partial charge in [-0.15, -0.1) is 0 Å². The molecule has 0 aromatic carbocycles. The first-order valence-corrected chi connectivity index (χ1v) is 6.45. The Morgan fingerprint density at radius 2 is 2.00 bits per heavy atom. The van der Waals surface area contributed by atoms with Crippen molar-refractivity contribution < 1.29 is 12.9 Å². The smallest absolute Gasteiger partial charge is 0.278 e. The normalized spacial score (nSPS) is 13.1. The van der Waals surface area contributed by atoms with Gasteiger partial charge in [0.1, 0.15) is 5.75 Å². The highest BCUT2D eigenvalue weighted by atomic mass is 35.6. The number of hydrogen-bond acceptors (Lipinski definition) is 5. The molecule has 0 fully saturated rings. The Hall–Kier alpha value is -0.0400. The maximum Gasteiger partial charge on any atom is 0.278 e. The molecule has 0 N–H and O–H groups in total. The van der Waals surface area contributed by atoms with Gasteiger partial charge in [-0.1, -0.05) is 40.0 Å². The van der Waals surface area contributed by atoms with Crippen LogP contribution >= 0.6 is 34.8 Å². The average molecular weight is 280 g/mol. The summed E-state index contributed by atoms with van der Waals surface area (Å²) in [5.74, 6) is -0.632. The van der Waals surface area contributed by atoms with Crippen molar-refractivity contribution in [3.05, 3.63) is 11.7 Å². The fourth-order valence-corrected chi connectivity index (χ4v) is 1.48. The van der Waals surface area contributed by atoms with E-state index in [2.05, 4.69) is 14.7 Å². The van der Waals surface area contributed by atoms with Crippen molar-refractivity contribution >= 4 is 44.6 Å². The monoisotopic (exact) mass is 278 g/mol. The molecule has 0 aliphatic heterocycles. The summed E-state index contributed by atoms with van der Waals surface area (Å²) in [5, 5.41) is 3.35. The third-order valence-corrected chi connectivity index (χ3v) is 2.37. The van der Waals surface area contributed by atoms with E-state index in [1.54, 1.807) is 0 Å². The van der Waals surface area contributed by atoms with Crippen LogP contribution in [0.1, 0.15) is 11.7 Å². The Kier molecular flexibility index (Phi) is 3.30. The third-order valence-electron chi connectivity index (χ3n) is 1.10. The van der Waals surface area contributed by atoms with Gasteiger partial charge in [0.25, 0.3) is 9.68 Å². The molecular formula is C5H5Cl3N2O3S. The van der Waals surface area contributed by atoms with Gasteiger partial charge < -0.3 is 4.52 Å². The molecule has 0 aliphatic carbocycles. The molecule has 1 aromatic heterocycles. The molecule has 1 rings (SSSR count). The minimum absolute atomic E-state index is 0.0335. The molecule has 0 saturated carbocycles. The summed E-state index contributed by atoms with van der Waals surface area (Å²) in [5.41, 5.74) is 0. The molecule has 5 nitrogen and oxygen atoms in total. The van der Waals surface area contributed by atoms with Gasteiger partial charge in [0, 0.05) is 6.26 Å². The highest BCUT2D eigenvalue weighted by Crippen LogP contribution is 2.36. The summed E-state index contributed by atoms with van der Waals surface area (Å²) in [6.45, 7) is 0. The lowest BCUT2D eigenvalue weighted by Crippen LogP contribution is -2.04. The first kappa shape index (κ1) is 12.0. The van der Waals surface area contributed by atoms with E-state index in [9.17, 15) is 8.42 Å². The van der Waals surface area contributed by atoms with Gasteiger partial charge in [-0.2, -0.15) is 4.98 Å². The number of sulfone groups is 1. The van der Waals surface area contributed by atoms with Crippen LogP contribution in [-0.4, -0.2) is 24.8 Å². The summed E-state index contributed by atoms with van der Waals surface area (Å²) in [6, 6.07) is 0. The summed E-state index contributed by atoms with van der Waals surface area (Å²) in [4.78, 5) is 3.61. The van der Waals surface area contributed by atoms with Crippen LogP contribution < -0.4 is 0 Å². The SMILES string of the molecule is CS(=O)(=O)Cc1noc(C(Cl)(Cl)Cl)n1. The quantitative estimate of drug-likeness (QED) is 0.766. The highest BCUT2D eigenvalue weighted by molar-refractivity contribution is 7.89. The maximum atomic E-state index is 10.8. The van der Waals surface area contributed by atoms with Gasteiger partial charge in [0.15, 0.2) is 15.7 Å². The molecule has 1 heterocycles. The van der Waals surface area contributed by atoms with E-state index in [0.29, 0.717) is 0 Å². The van der Waals surface area contributed by atoms with E-state index in [-0.39, 0.29) is 17.5 Å². The van der Waals surface area contributed by atoms with E-state index in [4.69, 9.17) is 34.8 Å². The zero-order chi connectivity index (χ0) is 11.0. The fourth-order valence-electron chi connectivity index (χ4n) is 0.662. The van der Waals surface area contributed by atoms with Gasteiger partial charge in [-0.3, -0.25) is 0 Å². The van der Waals surface area contributed by atoms with Gasteiger partial charge in [0.2, 0.25) is 0 Å². The molecule has 14 heavy (non-hydrogen) atoms. The molecule has 0 aliphatic rings. The Morgan fingerprint density at radius 3 is 2.36 bits per heavy atom. The van der Waals surface area contributed by atoms with Crippen LogP contribution in [0, 0.1) is 0 Å². The summed E-state index contributed by atoms with van der Waals surface area (Å²) >= 11 is 16.3. The summed E-state index contributed by atoms with van der Waals surface area (Å²) in [7, 11) is -3.22. The van der Waals surface area contributed by atoms with Crippen molar-refractivity contribution in [2.75, 3.05) is 6.26 Å². The fraction of sp³-hybridized carbons (Fsp3) is 0.600. The van der Waals surface area contributed by atoms with Crippen molar-refractivity contribution in [1.29, 1.82) is 0 Å². The lowest BCUT2D eigenvalue weighted by molar-refractivity contribution is 0.378. The van der Waals surface area contributed by atoms with Gasteiger partial charge >= 0.3 is 0 Å². The highest BCUT2D eigenvalue weighted by Gasteiger charge is 2.30. The zero-order valence-corrected chi connectivity index (χ0v) is 9.95. The van der Waals surface area contributed by atoms with E-state index in [1.165, 1.54) is 0 Å². The Bertz CT molecular complexity index is 422. The second kappa shape index (κ2) is 3.84. The number of nitrogens with zero attached hydrogens (tertiary/aromatic N) is 2. The minimum Gasteiger partial charge on any atom is -0.335 e.